The van der Waals surface area contributed by atoms with Crippen molar-refractivity contribution >= 4 is 17.2 Å². The van der Waals surface area contributed by atoms with E-state index in [9.17, 15) is 4.79 Å². The molecule has 1 aliphatic rings. The molecule has 6 heteroatoms. The molecular formula is C26H26N4OS. The zero-order chi connectivity index (χ0) is 22.1. The van der Waals surface area contributed by atoms with E-state index >= 15 is 0 Å². The minimum atomic E-state index is 0.0448. The number of nitrogens with zero attached hydrogens (tertiary/aromatic N) is 4. The third kappa shape index (κ3) is 3.98. The van der Waals surface area contributed by atoms with Crippen LogP contribution < -0.4 is 0 Å². The molecule has 4 aromatic rings. The smallest absolute Gasteiger partial charge is 0.257 e. The Bertz CT molecular complexity index is 1230. The van der Waals surface area contributed by atoms with E-state index < -0.39 is 0 Å². The summed E-state index contributed by atoms with van der Waals surface area (Å²) in [6.07, 6.45) is 5.80. The summed E-state index contributed by atoms with van der Waals surface area (Å²) in [6.45, 7) is 5.63. The fourth-order valence-electron chi connectivity index (χ4n) is 4.49. The number of carbonyl (C=O) groups is 1. The molecule has 5 rings (SSSR count). The average molecular weight is 443 g/mol. The Morgan fingerprint density at radius 2 is 1.97 bits per heavy atom. The molecule has 0 radical (unpaired) electrons. The Hall–Kier alpha value is -3.25. The molecule has 2 aromatic carbocycles. The van der Waals surface area contributed by atoms with Gasteiger partial charge in [0.1, 0.15) is 5.69 Å². The number of amides is 1. The van der Waals surface area contributed by atoms with Crippen LogP contribution in [0.25, 0.3) is 16.9 Å². The van der Waals surface area contributed by atoms with Crippen LogP contribution >= 0.6 is 11.3 Å². The largest absolute Gasteiger partial charge is 0.338 e. The van der Waals surface area contributed by atoms with Crippen molar-refractivity contribution in [3.63, 3.8) is 0 Å². The van der Waals surface area contributed by atoms with Crippen LogP contribution in [0.3, 0.4) is 0 Å². The van der Waals surface area contributed by atoms with E-state index in [1.165, 1.54) is 5.56 Å². The standard InChI is InChI=1S/C26H26N4OS/c1-18-10-11-22(19(2)15-18)24-23(17-30(28-24)21-8-4-3-5-9-21)26(31)29-13-6-7-20(16-29)25-27-12-14-32-25/h3-5,8-12,14-15,17,20H,6-7,13,16H2,1-2H3. The fraction of sp³-hybridized carbons (Fsp3) is 0.269. The molecule has 5 nitrogen and oxygen atoms in total. The molecule has 1 atom stereocenters. The van der Waals surface area contributed by atoms with Gasteiger partial charge in [-0.05, 0) is 44.4 Å². The molecule has 0 spiro atoms. The average Bonchev–Trinajstić information content (AvgIpc) is 3.50. The monoisotopic (exact) mass is 442 g/mol. The molecule has 162 valence electrons. The van der Waals surface area contributed by atoms with Gasteiger partial charge in [-0.2, -0.15) is 5.10 Å². The zero-order valence-electron chi connectivity index (χ0n) is 18.4. The van der Waals surface area contributed by atoms with Crippen molar-refractivity contribution in [2.45, 2.75) is 32.6 Å². The molecule has 3 heterocycles. The van der Waals surface area contributed by atoms with Crippen LogP contribution in [0.2, 0.25) is 0 Å². The van der Waals surface area contributed by atoms with Gasteiger partial charge in [0.2, 0.25) is 0 Å². The van der Waals surface area contributed by atoms with Gasteiger partial charge in [0, 0.05) is 42.3 Å². The molecule has 0 saturated carbocycles. The molecule has 32 heavy (non-hydrogen) atoms. The van der Waals surface area contributed by atoms with E-state index in [2.05, 4.69) is 37.0 Å². The molecule has 1 unspecified atom stereocenters. The Balaban J connectivity index is 1.54. The molecule has 0 aliphatic carbocycles. The number of thiazole rings is 1. The van der Waals surface area contributed by atoms with Gasteiger partial charge < -0.3 is 4.90 Å². The summed E-state index contributed by atoms with van der Waals surface area (Å²) >= 11 is 1.68. The first-order valence-corrected chi connectivity index (χ1v) is 11.9. The van der Waals surface area contributed by atoms with Crippen molar-refractivity contribution in [2.24, 2.45) is 0 Å². The van der Waals surface area contributed by atoms with Gasteiger partial charge in [-0.3, -0.25) is 4.79 Å². The summed E-state index contributed by atoms with van der Waals surface area (Å²) in [5, 5.41) is 8.02. The second-order valence-electron chi connectivity index (χ2n) is 8.45. The maximum Gasteiger partial charge on any atom is 0.257 e. The molecule has 1 aliphatic heterocycles. The second kappa shape index (κ2) is 8.71. The van der Waals surface area contributed by atoms with Crippen molar-refractivity contribution in [3.8, 4) is 16.9 Å². The topological polar surface area (TPSA) is 51.0 Å². The predicted octanol–water partition coefficient (Wildman–Crippen LogP) is 5.63. The summed E-state index contributed by atoms with van der Waals surface area (Å²) in [4.78, 5) is 20.3. The number of rotatable bonds is 4. The van der Waals surface area contributed by atoms with Crippen LogP contribution in [-0.2, 0) is 0 Å². The number of aromatic nitrogens is 3. The Labute approximate surface area is 192 Å². The fourth-order valence-corrected chi connectivity index (χ4v) is 5.26. The van der Waals surface area contributed by atoms with Crippen molar-refractivity contribution in [1.29, 1.82) is 0 Å². The van der Waals surface area contributed by atoms with Gasteiger partial charge in [0.05, 0.1) is 16.3 Å². The summed E-state index contributed by atoms with van der Waals surface area (Å²) in [6, 6.07) is 16.3. The summed E-state index contributed by atoms with van der Waals surface area (Å²) in [5.41, 5.74) is 5.66. The van der Waals surface area contributed by atoms with Crippen molar-refractivity contribution in [1.82, 2.24) is 19.7 Å². The predicted molar refractivity (Wildman–Crippen MR) is 128 cm³/mol. The van der Waals surface area contributed by atoms with Gasteiger partial charge in [-0.15, -0.1) is 11.3 Å². The Kier molecular flexibility index (Phi) is 5.62. The highest BCUT2D eigenvalue weighted by molar-refractivity contribution is 7.09. The maximum atomic E-state index is 13.8. The summed E-state index contributed by atoms with van der Waals surface area (Å²) in [5.74, 6) is 0.352. The number of carbonyl (C=O) groups excluding carboxylic acids is 1. The SMILES string of the molecule is Cc1ccc(-c2nn(-c3ccccc3)cc2C(=O)N2CCCC(c3nccs3)C2)c(C)c1. The lowest BCUT2D eigenvalue weighted by molar-refractivity contribution is 0.0708. The number of aryl methyl sites for hydroxylation is 2. The van der Waals surface area contributed by atoms with Crippen molar-refractivity contribution < 1.29 is 4.79 Å². The molecule has 2 aromatic heterocycles. The number of hydrogen-bond donors (Lipinski definition) is 0. The highest BCUT2D eigenvalue weighted by Crippen LogP contribution is 2.32. The minimum absolute atomic E-state index is 0.0448. The zero-order valence-corrected chi connectivity index (χ0v) is 19.2. The van der Waals surface area contributed by atoms with E-state index in [-0.39, 0.29) is 5.91 Å². The molecule has 1 amide bonds. The lowest BCUT2D eigenvalue weighted by Crippen LogP contribution is -2.39. The second-order valence-corrected chi connectivity index (χ2v) is 9.38. The van der Waals surface area contributed by atoms with E-state index in [0.717, 1.165) is 46.9 Å². The van der Waals surface area contributed by atoms with Gasteiger partial charge >= 0.3 is 0 Å². The molecule has 0 bridgehead atoms. The van der Waals surface area contributed by atoms with Crippen LogP contribution in [0.1, 0.15) is 45.3 Å². The van der Waals surface area contributed by atoms with E-state index in [1.54, 1.807) is 11.3 Å². The third-order valence-electron chi connectivity index (χ3n) is 6.11. The minimum Gasteiger partial charge on any atom is -0.338 e. The maximum absolute atomic E-state index is 13.8. The number of piperidine rings is 1. The Morgan fingerprint density at radius 1 is 1.12 bits per heavy atom. The number of likely N-dealkylation sites (tertiary alicyclic amines) is 1. The van der Waals surface area contributed by atoms with Gasteiger partial charge in [0.15, 0.2) is 0 Å². The van der Waals surface area contributed by atoms with Crippen LogP contribution in [0.5, 0.6) is 0 Å². The highest BCUT2D eigenvalue weighted by Gasteiger charge is 2.30. The summed E-state index contributed by atoms with van der Waals surface area (Å²) < 4.78 is 1.82. The van der Waals surface area contributed by atoms with Crippen LogP contribution in [0, 0.1) is 13.8 Å². The summed E-state index contributed by atoms with van der Waals surface area (Å²) in [7, 11) is 0. The normalized spacial score (nSPS) is 16.3. The number of hydrogen-bond acceptors (Lipinski definition) is 4. The van der Waals surface area contributed by atoms with Gasteiger partial charge in [-0.1, -0.05) is 42.0 Å². The molecule has 1 fully saturated rings. The van der Waals surface area contributed by atoms with Gasteiger partial charge in [0.25, 0.3) is 5.91 Å². The van der Waals surface area contributed by atoms with E-state index in [0.29, 0.717) is 18.0 Å². The number of benzene rings is 2. The van der Waals surface area contributed by atoms with Crippen LogP contribution in [-0.4, -0.2) is 38.7 Å². The first-order valence-electron chi connectivity index (χ1n) is 11.0. The third-order valence-corrected chi connectivity index (χ3v) is 7.05. The highest BCUT2D eigenvalue weighted by atomic mass is 32.1. The molecule has 0 N–H and O–H groups in total. The van der Waals surface area contributed by atoms with Crippen LogP contribution in [0.4, 0.5) is 0 Å². The van der Waals surface area contributed by atoms with Crippen LogP contribution in [0.15, 0.2) is 66.3 Å². The van der Waals surface area contributed by atoms with E-state index in [1.807, 2.05) is 57.7 Å². The lowest BCUT2D eigenvalue weighted by atomic mass is 9.96. The first kappa shape index (κ1) is 20.6. The first-order chi connectivity index (χ1) is 15.6. The van der Waals surface area contributed by atoms with Gasteiger partial charge in [-0.25, -0.2) is 9.67 Å². The number of para-hydroxylation sites is 1. The quantitative estimate of drug-likeness (QED) is 0.411. The Morgan fingerprint density at radius 3 is 2.72 bits per heavy atom. The lowest BCUT2D eigenvalue weighted by Gasteiger charge is -2.31. The van der Waals surface area contributed by atoms with Crippen molar-refractivity contribution in [2.75, 3.05) is 13.1 Å². The molecular weight excluding hydrogens is 416 g/mol. The van der Waals surface area contributed by atoms with E-state index in [4.69, 9.17) is 5.10 Å². The molecule has 1 saturated heterocycles. The van der Waals surface area contributed by atoms with Crippen molar-refractivity contribution in [3.05, 3.63) is 88.0 Å².